The number of hydrogen-bond donors (Lipinski definition) is 1. The van der Waals surface area contributed by atoms with Crippen LogP contribution in [0.4, 0.5) is 5.69 Å². The summed E-state index contributed by atoms with van der Waals surface area (Å²) in [6.45, 7) is 6.23. The Morgan fingerprint density at radius 2 is 1.93 bits per heavy atom. The van der Waals surface area contributed by atoms with E-state index in [-0.39, 0.29) is 18.9 Å². The molecule has 2 aromatic carbocycles. The van der Waals surface area contributed by atoms with E-state index in [1.165, 1.54) is 0 Å². The highest BCUT2D eigenvalue weighted by molar-refractivity contribution is 9.10. The zero-order chi connectivity index (χ0) is 20.7. The smallest absolute Gasteiger partial charge is 0.340 e. The second kappa shape index (κ2) is 10.5. The largest absolute Gasteiger partial charge is 0.492 e. The molecule has 0 aliphatic heterocycles. The highest BCUT2D eigenvalue weighted by Crippen LogP contribution is 2.35. The minimum Gasteiger partial charge on any atom is -0.492 e. The Bertz CT molecular complexity index is 870. The molecule has 7 heteroatoms. The van der Waals surface area contributed by atoms with Crippen LogP contribution in [0.2, 0.25) is 5.02 Å². The first-order valence-corrected chi connectivity index (χ1v) is 10.2. The molecule has 0 aliphatic rings. The number of para-hydroxylation sites is 1. The molecule has 0 saturated heterocycles. The molecular formula is C21H23BrClNO4. The highest BCUT2D eigenvalue weighted by atomic mass is 79.9. The second-order valence-electron chi connectivity index (χ2n) is 6.21. The van der Waals surface area contributed by atoms with Gasteiger partial charge in [-0.2, -0.15) is 0 Å². The molecule has 28 heavy (non-hydrogen) atoms. The Morgan fingerprint density at radius 1 is 1.21 bits per heavy atom. The van der Waals surface area contributed by atoms with Crippen LogP contribution in [0.5, 0.6) is 5.75 Å². The van der Waals surface area contributed by atoms with Crippen molar-refractivity contribution in [3.63, 3.8) is 0 Å². The lowest BCUT2D eigenvalue weighted by atomic mass is 10.1. The average Bonchev–Trinajstić information content (AvgIpc) is 2.68. The normalized spacial score (nSPS) is 10.5. The molecular weight excluding hydrogens is 446 g/mol. The van der Waals surface area contributed by atoms with E-state index in [9.17, 15) is 9.59 Å². The Morgan fingerprint density at radius 3 is 2.64 bits per heavy atom. The molecule has 0 aliphatic carbocycles. The van der Waals surface area contributed by atoms with E-state index in [1.807, 2.05) is 19.9 Å². The van der Waals surface area contributed by atoms with Gasteiger partial charge < -0.3 is 14.8 Å². The lowest BCUT2D eigenvalue weighted by Gasteiger charge is -2.13. The number of esters is 1. The maximum atomic E-state index is 12.2. The molecule has 5 nitrogen and oxygen atoms in total. The van der Waals surface area contributed by atoms with Crippen molar-refractivity contribution < 1.29 is 19.1 Å². The Hall–Kier alpha value is -2.05. The van der Waals surface area contributed by atoms with Gasteiger partial charge in [0.15, 0.2) is 0 Å². The van der Waals surface area contributed by atoms with Crippen LogP contribution >= 0.6 is 27.5 Å². The van der Waals surface area contributed by atoms with Crippen LogP contribution in [-0.2, 0) is 9.53 Å². The van der Waals surface area contributed by atoms with Crippen LogP contribution in [0.15, 0.2) is 34.8 Å². The minimum atomic E-state index is -0.458. The molecule has 0 radical (unpaired) electrons. The maximum Gasteiger partial charge on any atom is 0.340 e. The Balaban J connectivity index is 1.89. The van der Waals surface area contributed by atoms with Gasteiger partial charge in [-0.1, -0.05) is 23.7 Å². The molecule has 0 aromatic heterocycles. The summed E-state index contributed by atoms with van der Waals surface area (Å²) in [5.74, 6) is 0.0513. The Kier molecular flexibility index (Phi) is 8.33. The fourth-order valence-electron chi connectivity index (χ4n) is 2.61. The van der Waals surface area contributed by atoms with E-state index in [0.29, 0.717) is 35.1 Å². The minimum absolute atomic E-state index is 0.192. The summed E-state index contributed by atoms with van der Waals surface area (Å²) in [7, 11) is 0. The van der Waals surface area contributed by atoms with E-state index < -0.39 is 5.97 Å². The van der Waals surface area contributed by atoms with Gasteiger partial charge in [-0.05, 0) is 72.4 Å². The molecule has 150 valence electrons. The van der Waals surface area contributed by atoms with Crippen molar-refractivity contribution in [1.82, 2.24) is 0 Å². The molecule has 0 spiro atoms. The standard InChI is InChI=1S/C21H23BrClNO4/c1-4-27-21(26)15-8-5-6-9-16(15)24-18(25)10-7-11-28-17-12-13(2)20(23)14(3)19(17)22/h5-6,8-9,12H,4,7,10-11H2,1-3H3,(H,24,25). The van der Waals surface area contributed by atoms with Gasteiger partial charge in [0, 0.05) is 11.4 Å². The van der Waals surface area contributed by atoms with E-state index in [4.69, 9.17) is 21.1 Å². The molecule has 1 N–H and O–H groups in total. The number of carbonyl (C=O) groups is 2. The number of rotatable bonds is 8. The van der Waals surface area contributed by atoms with Crippen molar-refractivity contribution in [2.24, 2.45) is 0 Å². The number of amides is 1. The summed E-state index contributed by atoms with van der Waals surface area (Å²) in [5, 5.41) is 3.47. The van der Waals surface area contributed by atoms with Crippen molar-refractivity contribution in [1.29, 1.82) is 0 Å². The van der Waals surface area contributed by atoms with E-state index in [0.717, 1.165) is 15.6 Å². The van der Waals surface area contributed by atoms with E-state index in [2.05, 4.69) is 21.2 Å². The first-order valence-electron chi connectivity index (χ1n) is 8.99. The Labute approximate surface area is 178 Å². The molecule has 1 amide bonds. The van der Waals surface area contributed by atoms with E-state index in [1.54, 1.807) is 31.2 Å². The van der Waals surface area contributed by atoms with Crippen LogP contribution in [-0.4, -0.2) is 25.1 Å². The average molecular weight is 469 g/mol. The predicted molar refractivity (Wildman–Crippen MR) is 114 cm³/mol. The number of benzene rings is 2. The summed E-state index contributed by atoms with van der Waals surface area (Å²) in [6.07, 6.45) is 0.793. The molecule has 0 heterocycles. The van der Waals surface area contributed by atoms with Crippen LogP contribution in [0, 0.1) is 13.8 Å². The summed E-state index contributed by atoms with van der Waals surface area (Å²) in [5.41, 5.74) is 2.64. The van der Waals surface area contributed by atoms with Gasteiger partial charge in [-0.15, -0.1) is 0 Å². The topological polar surface area (TPSA) is 64.6 Å². The molecule has 2 aromatic rings. The van der Waals surface area contributed by atoms with Crippen LogP contribution in [0.3, 0.4) is 0 Å². The first kappa shape index (κ1) is 22.2. The van der Waals surface area contributed by atoms with Crippen molar-refractivity contribution in [2.75, 3.05) is 18.5 Å². The molecule has 0 bridgehead atoms. The van der Waals surface area contributed by atoms with Crippen molar-refractivity contribution in [3.8, 4) is 5.75 Å². The van der Waals surface area contributed by atoms with Gasteiger partial charge >= 0.3 is 5.97 Å². The number of hydrogen-bond acceptors (Lipinski definition) is 4. The summed E-state index contributed by atoms with van der Waals surface area (Å²) < 4.78 is 11.6. The third kappa shape index (κ3) is 5.72. The second-order valence-corrected chi connectivity index (χ2v) is 7.38. The highest BCUT2D eigenvalue weighted by Gasteiger charge is 2.14. The fourth-order valence-corrected chi connectivity index (χ4v) is 3.30. The van der Waals surface area contributed by atoms with Crippen molar-refractivity contribution in [3.05, 3.63) is 56.5 Å². The van der Waals surface area contributed by atoms with Gasteiger partial charge in [0.2, 0.25) is 5.91 Å². The third-order valence-corrected chi connectivity index (χ3v) is 5.64. The monoisotopic (exact) mass is 467 g/mol. The lowest BCUT2D eigenvalue weighted by Crippen LogP contribution is -2.16. The fraction of sp³-hybridized carbons (Fsp3) is 0.333. The van der Waals surface area contributed by atoms with E-state index >= 15 is 0 Å². The van der Waals surface area contributed by atoms with Crippen molar-refractivity contribution >= 4 is 45.1 Å². The van der Waals surface area contributed by atoms with Gasteiger partial charge in [-0.25, -0.2) is 4.79 Å². The summed E-state index contributed by atoms with van der Waals surface area (Å²) in [6, 6.07) is 8.65. The molecule has 0 saturated carbocycles. The molecule has 0 unspecified atom stereocenters. The number of ether oxygens (including phenoxy) is 2. The van der Waals surface area contributed by atoms with Gasteiger partial charge in [0.05, 0.1) is 28.9 Å². The zero-order valence-corrected chi connectivity index (χ0v) is 18.4. The summed E-state index contributed by atoms with van der Waals surface area (Å²) in [4.78, 5) is 24.2. The first-order chi connectivity index (χ1) is 13.3. The number of aryl methyl sites for hydroxylation is 1. The van der Waals surface area contributed by atoms with Gasteiger partial charge in [0.1, 0.15) is 5.75 Å². The van der Waals surface area contributed by atoms with Crippen LogP contribution in [0.1, 0.15) is 41.3 Å². The molecule has 0 fully saturated rings. The van der Waals surface area contributed by atoms with Crippen LogP contribution in [0.25, 0.3) is 0 Å². The molecule has 0 atom stereocenters. The third-order valence-electron chi connectivity index (χ3n) is 4.07. The SMILES string of the molecule is CCOC(=O)c1ccccc1NC(=O)CCCOc1cc(C)c(Cl)c(C)c1Br. The van der Waals surface area contributed by atoms with Gasteiger partial charge in [-0.3, -0.25) is 4.79 Å². The number of nitrogens with one attached hydrogen (secondary N) is 1. The summed E-state index contributed by atoms with van der Waals surface area (Å²) >= 11 is 9.71. The quantitative estimate of drug-likeness (QED) is 0.399. The van der Waals surface area contributed by atoms with Crippen LogP contribution < -0.4 is 10.1 Å². The zero-order valence-electron chi connectivity index (χ0n) is 16.1. The lowest BCUT2D eigenvalue weighted by molar-refractivity contribution is -0.116. The van der Waals surface area contributed by atoms with Gasteiger partial charge in [0.25, 0.3) is 0 Å². The maximum absolute atomic E-state index is 12.2. The number of carbonyl (C=O) groups excluding carboxylic acids is 2. The number of anilines is 1. The number of halogens is 2. The predicted octanol–water partition coefficient (Wildman–Crippen LogP) is 5.69. The molecule has 2 rings (SSSR count). The van der Waals surface area contributed by atoms with Crippen molar-refractivity contribution in [2.45, 2.75) is 33.6 Å².